The molecule has 0 saturated heterocycles. The number of amides is 2. The van der Waals surface area contributed by atoms with Crippen molar-refractivity contribution < 1.29 is 19.1 Å². The predicted octanol–water partition coefficient (Wildman–Crippen LogP) is 4.12. The Hall–Kier alpha value is -2.38. The van der Waals surface area contributed by atoms with Crippen LogP contribution in [-0.4, -0.2) is 37.0 Å². The number of benzene rings is 1. The van der Waals surface area contributed by atoms with Crippen molar-refractivity contribution in [1.29, 1.82) is 0 Å². The van der Waals surface area contributed by atoms with Gasteiger partial charge in [-0.3, -0.25) is 9.59 Å². The second-order valence-corrected chi connectivity index (χ2v) is 8.13. The van der Waals surface area contributed by atoms with Gasteiger partial charge in [-0.05, 0) is 56.5 Å². The number of anilines is 1. The Kier molecular flexibility index (Phi) is 6.62. The lowest BCUT2D eigenvalue weighted by Gasteiger charge is -2.21. The van der Waals surface area contributed by atoms with Crippen LogP contribution in [0.15, 0.2) is 35.7 Å². The number of ether oxygens (including phenoxy) is 1. The minimum Gasteiger partial charge on any atom is -0.444 e. The number of nitrogens with one attached hydrogen (secondary N) is 1. The van der Waals surface area contributed by atoms with E-state index in [0.717, 1.165) is 0 Å². The number of nitrogens with zero attached hydrogens (tertiary/aromatic N) is 1. The van der Waals surface area contributed by atoms with E-state index in [4.69, 9.17) is 16.3 Å². The fourth-order valence-corrected chi connectivity index (χ4v) is 3.19. The Morgan fingerprint density at radius 2 is 1.78 bits per heavy atom. The first-order valence-electron chi connectivity index (χ1n) is 8.19. The number of ketones is 1. The van der Waals surface area contributed by atoms with Crippen LogP contribution in [0.1, 0.15) is 36.0 Å². The molecule has 6 nitrogen and oxygen atoms in total. The molecule has 0 radical (unpaired) electrons. The van der Waals surface area contributed by atoms with Crippen LogP contribution in [0.3, 0.4) is 0 Å². The number of halogens is 1. The zero-order chi connectivity index (χ0) is 20.2. The Morgan fingerprint density at radius 1 is 1.15 bits per heavy atom. The van der Waals surface area contributed by atoms with E-state index in [1.807, 2.05) is 0 Å². The molecule has 0 unspecified atom stereocenters. The van der Waals surface area contributed by atoms with Crippen LogP contribution in [-0.2, 0) is 9.53 Å². The van der Waals surface area contributed by atoms with Crippen molar-refractivity contribution in [3.8, 4) is 0 Å². The summed E-state index contributed by atoms with van der Waals surface area (Å²) in [6, 6.07) is 8.25. The molecule has 27 heavy (non-hydrogen) atoms. The van der Waals surface area contributed by atoms with E-state index in [2.05, 4.69) is 5.32 Å². The van der Waals surface area contributed by atoms with Crippen molar-refractivity contribution in [2.75, 3.05) is 18.5 Å². The monoisotopic (exact) mass is 408 g/mol. The van der Waals surface area contributed by atoms with Gasteiger partial charge in [0, 0.05) is 17.6 Å². The van der Waals surface area contributed by atoms with Crippen molar-refractivity contribution in [3.05, 3.63) is 51.2 Å². The smallest absolute Gasteiger partial charge is 0.408 e. The van der Waals surface area contributed by atoms with Gasteiger partial charge in [0.2, 0.25) is 11.7 Å². The molecule has 2 amide bonds. The van der Waals surface area contributed by atoms with Crippen LogP contribution in [0.5, 0.6) is 0 Å². The molecule has 1 aromatic heterocycles. The van der Waals surface area contributed by atoms with E-state index >= 15 is 0 Å². The van der Waals surface area contributed by atoms with Crippen LogP contribution in [0, 0.1) is 0 Å². The van der Waals surface area contributed by atoms with Crippen LogP contribution in [0.25, 0.3) is 0 Å². The summed E-state index contributed by atoms with van der Waals surface area (Å²) in [6.45, 7) is 4.97. The molecule has 0 aliphatic carbocycles. The van der Waals surface area contributed by atoms with Gasteiger partial charge in [-0.2, -0.15) is 0 Å². The molecule has 0 bridgehead atoms. The number of hydrogen-bond donors (Lipinski definition) is 1. The van der Waals surface area contributed by atoms with Gasteiger partial charge in [-0.25, -0.2) is 4.79 Å². The van der Waals surface area contributed by atoms with E-state index in [0.29, 0.717) is 21.2 Å². The number of carbonyl (C=O) groups excluding carboxylic acids is 3. The van der Waals surface area contributed by atoms with Crippen molar-refractivity contribution in [3.63, 3.8) is 0 Å². The molecule has 0 atom stereocenters. The maximum Gasteiger partial charge on any atom is 0.408 e. The van der Waals surface area contributed by atoms with Crippen molar-refractivity contribution in [1.82, 2.24) is 5.32 Å². The lowest BCUT2D eigenvalue weighted by atomic mass is 10.1. The van der Waals surface area contributed by atoms with Gasteiger partial charge in [-0.1, -0.05) is 11.6 Å². The first-order chi connectivity index (χ1) is 12.6. The fourth-order valence-electron chi connectivity index (χ4n) is 2.18. The van der Waals surface area contributed by atoms with E-state index in [1.165, 1.54) is 16.2 Å². The number of hydrogen-bond acceptors (Lipinski definition) is 5. The summed E-state index contributed by atoms with van der Waals surface area (Å²) in [7, 11) is 1.56. The SMILES string of the molecule is CN(C(=O)CNC(=O)OC(C)(C)C)c1ccsc1C(=O)c1ccc(Cl)cc1. The highest BCUT2D eigenvalue weighted by molar-refractivity contribution is 7.13. The molecule has 8 heteroatoms. The van der Waals surface area contributed by atoms with Gasteiger partial charge >= 0.3 is 6.09 Å². The largest absolute Gasteiger partial charge is 0.444 e. The standard InChI is InChI=1S/C19H21ClN2O4S/c1-19(2,3)26-18(25)21-11-15(23)22(4)14-9-10-27-17(14)16(24)12-5-7-13(20)8-6-12/h5-10H,11H2,1-4H3,(H,21,25). The Morgan fingerprint density at radius 3 is 2.37 bits per heavy atom. The molecule has 0 spiro atoms. The summed E-state index contributed by atoms with van der Waals surface area (Å²) in [4.78, 5) is 38.6. The molecular formula is C19H21ClN2O4S. The van der Waals surface area contributed by atoms with Gasteiger partial charge in [0.15, 0.2) is 0 Å². The highest BCUT2D eigenvalue weighted by Crippen LogP contribution is 2.28. The summed E-state index contributed by atoms with van der Waals surface area (Å²) >= 11 is 7.10. The summed E-state index contributed by atoms with van der Waals surface area (Å²) < 4.78 is 5.10. The highest BCUT2D eigenvalue weighted by Gasteiger charge is 2.22. The fraction of sp³-hybridized carbons (Fsp3) is 0.316. The number of rotatable bonds is 5. The number of alkyl carbamates (subject to hydrolysis) is 1. The quantitative estimate of drug-likeness (QED) is 0.755. The van der Waals surface area contributed by atoms with E-state index in [9.17, 15) is 14.4 Å². The third-order valence-electron chi connectivity index (χ3n) is 3.48. The summed E-state index contributed by atoms with van der Waals surface area (Å²) in [5.74, 6) is -0.569. The summed E-state index contributed by atoms with van der Waals surface area (Å²) in [5.41, 5.74) is 0.316. The summed E-state index contributed by atoms with van der Waals surface area (Å²) in [5, 5.41) is 4.70. The third-order valence-corrected chi connectivity index (χ3v) is 4.63. The molecule has 0 fully saturated rings. The maximum atomic E-state index is 12.7. The Bertz CT molecular complexity index is 840. The summed E-state index contributed by atoms with van der Waals surface area (Å²) in [6.07, 6.45) is -0.674. The predicted molar refractivity (Wildman–Crippen MR) is 107 cm³/mol. The number of likely N-dealkylation sites (N-methyl/N-ethyl adjacent to an activating group) is 1. The molecule has 2 rings (SSSR count). The molecule has 2 aromatic rings. The average Bonchev–Trinajstić information content (AvgIpc) is 3.07. The lowest BCUT2D eigenvalue weighted by Crippen LogP contribution is -2.40. The Balaban J connectivity index is 2.07. The zero-order valence-electron chi connectivity index (χ0n) is 15.5. The van der Waals surface area contributed by atoms with Crippen molar-refractivity contribution in [2.24, 2.45) is 0 Å². The number of carbonyl (C=O) groups is 3. The minimum absolute atomic E-state index is 0.198. The Labute approximate surface area is 167 Å². The normalized spacial score (nSPS) is 11.0. The molecule has 1 heterocycles. The van der Waals surface area contributed by atoms with Gasteiger partial charge < -0.3 is 15.0 Å². The van der Waals surface area contributed by atoms with E-state index < -0.39 is 11.7 Å². The second kappa shape index (κ2) is 8.54. The third kappa shape index (κ3) is 5.80. The minimum atomic E-state index is -0.674. The van der Waals surface area contributed by atoms with Crippen LogP contribution in [0.2, 0.25) is 5.02 Å². The first-order valence-corrected chi connectivity index (χ1v) is 9.45. The number of thiophene rings is 1. The van der Waals surface area contributed by atoms with E-state index in [1.54, 1.807) is 63.5 Å². The molecule has 1 N–H and O–H groups in total. The van der Waals surface area contributed by atoms with Gasteiger partial charge in [-0.15, -0.1) is 11.3 Å². The van der Waals surface area contributed by atoms with Crippen LogP contribution >= 0.6 is 22.9 Å². The first kappa shape index (κ1) is 20.9. The second-order valence-electron chi connectivity index (χ2n) is 6.78. The molecule has 0 aliphatic rings. The van der Waals surface area contributed by atoms with Crippen molar-refractivity contribution in [2.45, 2.75) is 26.4 Å². The lowest BCUT2D eigenvalue weighted by molar-refractivity contribution is -0.117. The molecule has 0 saturated carbocycles. The molecule has 1 aromatic carbocycles. The van der Waals surface area contributed by atoms with Gasteiger partial charge in [0.25, 0.3) is 0 Å². The van der Waals surface area contributed by atoms with Gasteiger partial charge in [0.1, 0.15) is 12.1 Å². The van der Waals surface area contributed by atoms with Crippen molar-refractivity contribution >= 4 is 46.4 Å². The zero-order valence-corrected chi connectivity index (χ0v) is 17.1. The van der Waals surface area contributed by atoms with Gasteiger partial charge in [0.05, 0.1) is 10.6 Å². The highest BCUT2D eigenvalue weighted by atomic mass is 35.5. The van der Waals surface area contributed by atoms with Crippen LogP contribution in [0.4, 0.5) is 10.5 Å². The topological polar surface area (TPSA) is 75.7 Å². The van der Waals surface area contributed by atoms with Crippen LogP contribution < -0.4 is 10.2 Å². The molecule has 144 valence electrons. The van der Waals surface area contributed by atoms with E-state index in [-0.39, 0.29) is 18.2 Å². The molecular weight excluding hydrogens is 388 g/mol. The average molecular weight is 409 g/mol. The molecule has 0 aliphatic heterocycles. The maximum absolute atomic E-state index is 12.7.